The second-order valence-electron chi connectivity index (χ2n) is 5.83. The highest BCUT2D eigenvalue weighted by Gasteiger charge is 2.18. The Morgan fingerprint density at radius 2 is 2.08 bits per heavy atom. The van der Waals surface area contributed by atoms with Gasteiger partial charge in [-0.2, -0.15) is 0 Å². The van der Waals surface area contributed by atoms with E-state index in [9.17, 15) is 4.79 Å². The monoisotopic (exact) mass is 354 g/mol. The fourth-order valence-electron chi connectivity index (χ4n) is 2.86. The van der Waals surface area contributed by atoms with E-state index in [0.717, 1.165) is 40.9 Å². The summed E-state index contributed by atoms with van der Waals surface area (Å²) in [6.45, 7) is 7.62. The second-order valence-corrected chi connectivity index (χ2v) is 6.70. The van der Waals surface area contributed by atoms with Gasteiger partial charge in [0.1, 0.15) is 0 Å². The molecule has 0 saturated heterocycles. The van der Waals surface area contributed by atoms with Gasteiger partial charge in [0.2, 0.25) is 0 Å². The van der Waals surface area contributed by atoms with Crippen molar-refractivity contribution in [2.75, 3.05) is 11.9 Å². The van der Waals surface area contributed by atoms with E-state index in [-0.39, 0.29) is 5.91 Å². The van der Waals surface area contributed by atoms with Crippen LogP contribution in [0.3, 0.4) is 0 Å². The summed E-state index contributed by atoms with van der Waals surface area (Å²) >= 11 is 1.56. The van der Waals surface area contributed by atoms with Crippen molar-refractivity contribution >= 4 is 22.9 Å². The van der Waals surface area contributed by atoms with E-state index in [0.29, 0.717) is 5.56 Å². The Morgan fingerprint density at radius 3 is 2.80 bits per heavy atom. The first-order chi connectivity index (χ1) is 12.1. The standard InChI is InChI=1S/C19H22N4OS/c1-4-20-12-15-7-5-6-8-17(15)22-18(24)16-11-13(2)23(14(16)3)19-21-9-10-25-19/h5-11,20H,4,12H2,1-3H3,(H,22,24). The predicted molar refractivity (Wildman–Crippen MR) is 103 cm³/mol. The van der Waals surface area contributed by atoms with E-state index < -0.39 is 0 Å². The van der Waals surface area contributed by atoms with E-state index in [1.165, 1.54) is 0 Å². The fraction of sp³-hybridized carbons (Fsp3) is 0.263. The molecule has 0 saturated carbocycles. The molecule has 3 aromatic rings. The average Bonchev–Trinajstić information content (AvgIpc) is 3.22. The summed E-state index contributed by atoms with van der Waals surface area (Å²) in [5.41, 5.74) is 4.48. The number of carbonyl (C=O) groups excluding carboxylic acids is 1. The van der Waals surface area contributed by atoms with Gasteiger partial charge in [0.05, 0.1) is 5.56 Å². The fourth-order valence-corrected chi connectivity index (χ4v) is 3.61. The van der Waals surface area contributed by atoms with Gasteiger partial charge in [-0.1, -0.05) is 25.1 Å². The van der Waals surface area contributed by atoms with Crippen LogP contribution >= 0.6 is 11.3 Å². The average molecular weight is 354 g/mol. The highest BCUT2D eigenvalue weighted by atomic mass is 32.1. The molecular weight excluding hydrogens is 332 g/mol. The predicted octanol–water partition coefficient (Wildman–Crippen LogP) is 3.91. The summed E-state index contributed by atoms with van der Waals surface area (Å²) in [4.78, 5) is 17.2. The third-order valence-electron chi connectivity index (χ3n) is 4.12. The number of aryl methyl sites for hydroxylation is 1. The van der Waals surface area contributed by atoms with E-state index >= 15 is 0 Å². The number of anilines is 1. The molecule has 1 aromatic carbocycles. The van der Waals surface area contributed by atoms with Crippen LogP contribution in [0.4, 0.5) is 5.69 Å². The molecule has 130 valence electrons. The van der Waals surface area contributed by atoms with Gasteiger partial charge in [0.15, 0.2) is 5.13 Å². The summed E-state index contributed by atoms with van der Waals surface area (Å²) in [7, 11) is 0. The molecule has 2 N–H and O–H groups in total. The quantitative estimate of drug-likeness (QED) is 0.705. The zero-order valence-corrected chi connectivity index (χ0v) is 15.5. The summed E-state index contributed by atoms with van der Waals surface area (Å²) in [6.07, 6.45) is 1.77. The zero-order valence-electron chi connectivity index (χ0n) is 14.7. The van der Waals surface area contributed by atoms with Crippen molar-refractivity contribution in [2.45, 2.75) is 27.3 Å². The SMILES string of the molecule is CCNCc1ccccc1NC(=O)c1cc(C)n(-c2nccs2)c1C. The van der Waals surface area contributed by atoms with Crippen molar-refractivity contribution in [1.29, 1.82) is 0 Å². The van der Waals surface area contributed by atoms with Crippen LogP contribution in [0.5, 0.6) is 0 Å². The first-order valence-corrected chi connectivity index (χ1v) is 9.18. The lowest BCUT2D eigenvalue weighted by Crippen LogP contribution is -2.17. The molecule has 6 heteroatoms. The summed E-state index contributed by atoms with van der Waals surface area (Å²) in [5.74, 6) is -0.0974. The molecule has 0 aliphatic heterocycles. The highest BCUT2D eigenvalue weighted by Crippen LogP contribution is 2.24. The van der Waals surface area contributed by atoms with Gasteiger partial charge in [-0.05, 0) is 38.1 Å². The molecule has 2 heterocycles. The Kier molecular flexibility index (Phi) is 5.31. The third kappa shape index (κ3) is 3.65. The highest BCUT2D eigenvalue weighted by molar-refractivity contribution is 7.12. The maximum atomic E-state index is 12.8. The Balaban J connectivity index is 1.87. The normalized spacial score (nSPS) is 10.8. The number of nitrogens with one attached hydrogen (secondary N) is 2. The molecule has 0 atom stereocenters. The van der Waals surface area contributed by atoms with E-state index in [1.54, 1.807) is 17.5 Å². The lowest BCUT2D eigenvalue weighted by molar-refractivity contribution is 0.102. The Labute approximate surface area is 151 Å². The zero-order chi connectivity index (χ0) is 17.8. The first-order valence-electron chi connectivity index (χ1n) is 8.30. The molecule has 3 rings (SSSR count). The van der Waals surface area contributed by atoms with Gasteiger partial charge in [-0.25, -0.2) is 4.98 Å². The van der Waals surface area contributed by atoms with Crippen molar-refractivity contribution in [3.8, 4) is 5.13 Å². The van der Waals surface area contributed by atoms with Crippen LogP contribution in [-0.4, -0.2) is 22.0 Å². The summed E-state index contributed by atoms with van der Waals surface area (Å²) in [6, 6.07) is 9.79. The number of hydrogen-bond acceptors (Lipinski definition) is 4. The first kappa shape index (κ1) is 17.4. The molecule has 0 bridgehead atoms. The molecule has 0 radical (unpaired) electrons. The number of rotatable bonds is 6. The maximum absolute atomic E-state index is 12.8. The minimum absolute atomic E-state index is 0.0974. The Morgan fingerprint density at radius 1 is 1.28 bits per heavy atom. The van der Waals surface area contributed by atoms with Gasteiger partial charge in [0, 0.05) is 35.2 Å². The van der Waals surface area contributed by atoms with Crippen LogP contribution in [0, 0.1) is 13.8 Å². The molecule has 0 aliphatic rings. The number of carbonyl (C=O) groups is 1. The Bertz CT molecular complexity index is 868. The molecule has 0 unspecified atom stereocenters. The van der Waals surface area contributed by atoms with Gasteiger partial charge >= 0.3 is 0 Å². The van der Waals surface area contributed by atoms with E-state index in [1.807, 2.05) is 54.1 Å². The number of para-hydroxylation sites is 1. The largest absolute Gasteiger partial charge is 0.322 e. The number of benzene rings is 1. The van der Waals surface area contributed by atoms with Gasteiger partial charge in [-0.3, -0.25) is 9.36 Å². The van der Waals surface area contributed by atoms with E-state index in [2.05, 4.69) is 22.5 Å². The van der Waals surface area contributed by atoms with Crippen LogP contribution in [0.15, 0.2) is 41.9 Å². The van der Waals surface area contributed by atoms with Crippen molar-refractivity contribution in [3.05, 3.63) is 64.4 Å². The summed E-state index contributed by atoms with van der Waals surface area (Å²) in [5, 5.41) is 9.16. The Hall–Kier alpha value is -2.44. The smallest absolute Gasteiger partial charge is 0.257 e. The second kappa shape index (κ2) is 7.63. The molecule has 0 spiro atoms. The molecular formula is C19H22N4OS. The number of thiazole rings is 1. The molecule has 5 nitrogen and oxygen atoms in total. The van der Waals surface area contributed by atoms with Crippen molar-refractivity contribution < 1.29 is 4.79 Å². The number of amides is 1. The number of nitrogens with zero attached hydrogens (tertiary/aromatic N) is 2. The van der Waals surface area contributed by atoms with Crippen molar-refractivity contribution in [1.82, 2.24) is 14.9 Å². The minimum Gasteiger partial charge on any atom is -0.322 e. The minimum atomic E-state index is -0.0974. The number of aromatic nitrogens is 2. The molecule has 0 aliphatic carbocycles. The third-order valence-corrected chi connectivity index (χ3v) is 4.87. The maximum Gasteiger partial charge on any atom is 0.257 e. The van der Waals surface area contributed by atoms with Crippen molar-refractivity contribution in [2.24, 2.45) is 0 Å². The van der Waals surface area contributed by atoms with Crippen LogP contribution in [0.2, 0.25) is 0 Å². The molecule has 2 aromatic heterocycles. The van der Waals surface area contributed by atoms with Crippen LogP contribution in [0.1, 0.15) is 34.2 Å². The van der Waals surface area contributed by atoms with Gasteiger partial charge in [0.25, 0.3) is 5.91 Å². The van der Waals surface area contributed by atoms with E-state index in [4.69, 9.17) is 0 Å². The van der Waals surface area contributed by atoms with Crippen molar-refractivity contribution in [3.63, 3.8) is 0 Å². The molecule has 1 amide bonds. The summed E-state index contributed by atoms with van der Waals surface area (Å²) < 4.78 is 2.02. The number of hydrogen-bond donors (Lipinski definition) is 2. The molecule has 25 heavy (non-hydrogen) atoms. The van der Waals surface area contributed by atoms with Gasteiger partial charge < -0.3 is 10.6 Å². The van der Waals surface area contributed by atoms with Crippen LogP contribution < -0.4 is 10.6 Å². The molecule has 0 fully saturated rings. The topological polar surface area (TPSA) is 58.9 Å². The lowest BCUT2D eigenvalue weighted by Gasteiger charge is -2.11. The lowest BCUT2D eigenvalue weighted by atomic mass is 10.1. The van der Waals surface area contributed by atoms with Crippen LogP contribution in [0.25, 0.3) is 5.13 Å². The van der Waals surface area contributed by atoms with Gasteiger partial charge in [-0.15, -0.1) is 11.3 Å². The van der Waals surface area contributed by atoms with Crippen LogP contribution in [-0.2, 0) is 6.54 Å².